The molecule has 0 aromatic rings. The first-order valence-electron chi connectivity index (χ1n) is 5.01. The summed E-state index contributed by atoms with van der Waals surface area (Å²) in [5, 5.41) is 3.16. The molecule has 3 heteroatoms. The first-order chi connectivity index (χ1) is 5.77. The van der Waals surface area contributed by atoms with Gasteiger partial charge in [-0.25, -0.2) is 4.59 Å². The zero-order valence-electron chi connectivity index (χ0n) is 8.40. The molecular weight excluding hydrogens is 150 g/mol. The lowest BCUT2D eigenvalue weighted by Crippen LogP contribution is -2.53. The van der Waals surface area contributed by atoms with E-state index in [1.165, 1.54) is 32.4 Å². The molecule has 0 amide bonds. The van der Waals surface area contributed by atoms with Gasteiger partial charge in [-0.1, -0.05) is 0 Å². The zero-order valence-corrected chi connectivity index (χ0v) is 8.40. The van der Waals surface area contributed by atoms with Crippen molar-refractivity contribution < 1.29 is 6.02 Å². The molecule has 0 bridgehead atoms. The molecule has 0 atom stereocenters. The average Bonchev–Trinajstić information content (AvgIpc) is 2.47. The monoisotopic (exact) mass is 174 g/mol. The summed E-state index contributed by atoms with van der Waals surface area (Å²) in [4.78, 5) is 0. The topological polar surface area (TPSA) is 24.1 Å². The summed E-state index contributed by atoms with van der Waals surface area (Å²) in [5.74, 6) is 0. The molecule has 1 saturated heterocycles. The summed E-state index contributed by atoms with van der Waals surface area (Å²) in [6.45, 7) is 4.86. The van der Waals surface area contributed by atoms with Crippen LogP contribution in [0.3, 0.4) is 0 Å². The van der Waals surface area contributed by atoms with Crippen molar-refractivity contribution in [1.29, 1.82) is 0 Å². The summed E-state index contributed by atoms with van der Waals surface area (Å²) >= 11 is 0. The van der Waals surface area contributed by atoms with Crippen LogP contribution in [-0.4, -0.2) is 44.9 Å². The highest BCUT2D eigenvalue weighted by Gasteiger charge is 2.25. The molecule has 0 aromatic carbocycles. The third kappa shape index (κ3) is 3.09. The number of nitrogens with zero attached hydrogens (tertiary/aromatic N) is 1. The molecule has 0 unspecified atom stereocenters. The van der Waals surface area contributed by atoms with Crippen molar-refractivity contribution in [3.05, 3.63) is 0 Å². The van der Waals surface area contributed by atoms with E-state index in [2.05, 4.69) is 17.8 Å². The Balaban J connectivity index is 0.00000144. The molecule has 1 rings (SSSR count). The summed E-state index contributed by atoms with van der Waals surface area (Å²) < 4.78 is 1.09. The van der Waals surface area contributed by atoms with Crippen LogP contribution in [0.5, 0.6) is 0 Å². The van der Waals surface area contributed by atoms with Crippen LogP contribution in [0.1, 0.15) is 20.7 Å². The molecule has 0 aliphatic carbocycles. The van der Waals surface area contributed by atoms with E-state index >= 15 is 0 Å². The van der Waals surface area contributed by atoms with Gasteiger partial charge < -0.3 is 5.32 Å². The van der Waals surface area contributed by atoms with Crippen molar-refractivity contribution in [2.24, 2.45) is 0 Å². The standard InChI is InChI=1S/C9H22N3.H2/c1-10-6-5-7-11-12(2)8-3-4-9-12;/h10-11H,3-9H2,1-2H3;1H/q+1;. The Kier molecular flexibility index (Phi) is 3.98. The predicted octanol–water partition coefficient (Wildman–Crippen LogP) is 0.587. The van der Waals surface area contributed by atoms with Crippen molar-refractivity contribution in [2.75, 3.05) is 40.3 Å². The molecule has 12 heavy (non-hydrogen) atoms. The lowest BCUT2D eigenvalue weighted by molar-refractivity contribution is -0.941. The van der Waals surface area contributed by atoms with Gasteiger partial charge in [-0.3, -0.25) is 0 Å². The number of nitrogens with one attached hydrogen (secondary N) is 2. The fourth-order valence-corrected chi connectivity index (χ4v) is 1.81. The van der Waals surface area contributed by atoms with Crippen LogP contribution in [0.25, 0.3) is 0 Å². The molecule has 74 valence electrons. The van der Waals surface area contributed by atoms with Crippen molar-refractivity contribution >= 4 is 0 Å². The molecule has 1 heterocycles. The van der Waals surface area contributed by atoms with E-state index in [0.717, 1.165) is 17.7 Å². The Morgan fingerprint density at radius 2 is 1.92 bits per heavy atom. The van der Waals surface area contributed by atoms with Gasteiger partial charge in [0.25, 0.3) is 0 Å². The molecule has 0 spiro atoms. The number of hydrogen-bond acceptors (Lipinski definition) is 2. The minimum Gasteiger partial charge on any atom is -0.320 e. The van der Waals surface area contributed by atoms with Gasteiger partial charge in [-0.2, -0.15) is 5.43 Å². The Morgan fingerprint density at radius 1 is 1.25 bits per heavy atom. The van der Waals surface area contributed by atoms with Crippen LogP contribution in [0.15, 0.2) is 0 Å². The fraction of sp³-hybridized carbons (Fsp3) is 1.00. The van der Waals surface area contributed by atoms with E-state index in [4.69, 9.17) is 0 Å². The van der Waals surface area contributed by atoms with Crippen molar-refractivity contribution in [3.63, 3.8) is 0 Å². The highest BCUT2D eigenvalue weighted by molar-refractivity contribution is 4.50. The van der Waals surface area contributed by atoms with Crippen LogP contribution in [-0.2, 0) is 0 Å². The second kappa shape index (κ2) is 4.80. The molecule has 0 aromatic heterocycles. The van der Waals surface area contributed by atoms with E-state index in [1.54, 1.807) is 0 Å². The van der Waals surface area contributed by atoms with Crippen molar-refractivity contribution in [1.82, 2.24) is 10.7 Å². The number of quaternary nitrogens is 1. The Bertz CT molecular complexity index is 124. The smallest absolute Gasteiger partial charge is 0.0962 e. The largest absolute Gasteiger partial charge is 0.320 e. The molecule has 1 fully saturated rings. The van der Waals surface area contributed by atoms with E-state index in [-0.39, 0.29) is 1.43 Å². The molecule has 2 N–H and O–H groups in total. The second-order valence-electron chi connectivity index (χ2n) is 3.92. The molecule has 0 saturated carbocycles. The van der Waals surface area contributed by atoms with E-state index in [0.29, 0.717) is 0 Å². The molecule has 1 aliphatic rings. The van der Waals surface area contributed by atoms with Gasteiger partial charge >= 0.3 is 0 Å². The molecule has 0 radical (unpaired) electrons. The maximum Gasteiger partial charge on any atom is 0.0962 e. The SMILES string of the molecule is CNCCCN[N+]1(C)CCCC1.[HH]. The van der Waals surface area contributed by atoms with E-state index in [9.17, 15) is 0 Å². The number of hydrogen-bond donors (Lipinski definition) is 2. The Morgan fingerprint density at radius 3 is 2.50 bits per heavy atom. The molecule has 1 aliphatic heterocycles. The van der Waals surface area contributed by atoms with E-state index < -0.39 is 0 Å². The van der Waals surface area contributed by atoms with Crippen LogP contribution >= 0.6 is 0 Å². The highest BCUT2D eigenvalue weighted by Crippen LogP contribution is 2.12. The molecular formula is C9H24N3+. The van der Waals surface area contributed by atoms with Crippen molar-refractivity contribution in [2.45, 2.75) is 19.3 Å². The third-order valence-electron chi connectivity index (χ3n) is 2.65. The van der Waals surface area contributed by atoms with Gasteiger partial charge in [0.15, 0.2) is 0 Å². The van der Waals surface area contributed by atoms with Gasteiger partial charge in [0.1, 0.15) is 0 Å². The lowest BCUT2D eigenvalue weighted by atomic mass is 10.4. The maximum absolute atomic E-state index is 3.59. The van der Waals surface area contributed by atoms with Crippen LogP contribution in [0, 0.1) is 0 Å². The third-order valence-corrected chi connectivity index (χ3v) is 2.65. The normalized spacial score (nSPS) is 21.5. The van der Waals surface area contributed by atoms with Gasteiger partial charge in [0, 0.05) is 20.8 Å². The summed E-state index contributed by atoms with van der Waals surface area (Å²) in [5.41, 5.74) is 3.59. The van der Waals surface area contributed by atoms with Crippen molar-refractivity contribution in [3.8, 4) is 0 Å². The maximum atomic E-state index is 3.59. The molecule has 3 nitrogen and oxygen atoms in total. The highest BCUT2D eigenvalue weighted by atomic mass is 15.6. The Labute approximate surface area is 77.2 Å². The first-order valence-corrected chi connectivity index (χ1v) is 5.01. The Hall–Kier alpha value is -0.120. The quantitative estimate of drug-likeness (QED) is 0.471. The minimum atomic E-state index is 0. The van der Waals surface area contributed by atoms with Crippen LogP contribution < -0.4 is 10.7 Å². The zero-order chi connectivity index (χ0) is 8.86. The number of likely N-dealkylation sites (tertiary alicyclic amines) is 1. The fourth-order valence-electron chi connectivity index (χ4n) is 1.81. The second-order valence-corrected chi connectivity index (χ2v) is 3.92. The number of rotatable bonds is 5. The van der Waals surface area contributed by atoms with E-state index in [1.807, 2.05) is 7.05 Å². The van der Waals surface area contributed by atoms with Crippen LogP contribution in [0.4, 0.5) is 0 Å². The van der Waals surface area contributed by atoms with Gasteiger partial charge in [0.05, 0.1) is 20.1 Å². The summed E-state index contributed by atoms with van der Waals surface area (Å²) in [7, 11) is 4.30. The summed E-state index contributed by atoms with van der Waals surface area (Å²) in [6.07, 6.45) is 4.00. The van der Waals surface area contributed by atoms with Crippen LogP contribution in [0.2, 0.25) is 0 Å². The minimum absolute atomic E-state index is 0. The summed E-state index contributed by atoms with van der Waals surface area (Å²) in [6, 6.07) is 0. The first kappa shape index (κ1) is 9.96. The van der Waals surface area contributed by atoms with Gasteiger partial charge in [-0.15, -0.1) is 0 Å². The average molecular weight is 174 g/mol. The van der Waals surface area contributed by atoms with Gasteiger partial charge in [0.2, 0.25) is 0 Å². The predicted molar refractivity (Wildman–Crippen MR) is 53.8 cm³/mol. The lowest BCUT2D eigenvalue weighted by Gasteiger charge is -2.28. The van der Waals surface area contributed by atoms with Gasteiger partial charge in [-0.05, 0) is 20.0 Å².